The third-order valence-electron chi connectivity index (χ3n) is 2.15. The molecule has 19 heavy (non-hydrogen) atoms. The summed E-state index contributed by atoms with van der Waals surface area (Å²) >= 11 is 0. The molecule has 0 aromatic heterocycles. The van der Waals surface area contributed by atoms with Crippen molar-refractivity contribution in [3.63, 3.8) is 0 Å². The minimum Gasteiger partial charge on any atom is -0.493 e. The molecular weight excluding hydrogens is 298 g/mol. The van der Waals surface area contributed by atoms with E-state index < -0.39 is 14.0 Å². The molecule has 1 aromatic carbocycles. The standard InChI is InChI=1S/C10H12ClNO6S/c1-17-9-4-3-8(12(13)14)7-10(9)18-5-2-6-19(11,15)16/h3-4,7H,2,5-6H2,1H3. The molecule has 1 rings (SSSR count). The van der Waals surface area contributed by atoms with Crippen LogP contribution in [-0.2, 0) is 9.05 Å². The van der Waals surface area contributed by atoms with Crippen molar-refractivity contribution in [2.75, 3.05) is 19.5 Å². The summed E-state index contributed by atoms with van der Waals surface area (Å²) in [5, 5.41) is 10.6. The summed E-state index contributed by atoms with van der Waals surface area (Å²) < 4.78 is 31.7. The monoisotopic (exact) mass is 309 g/mol. The van der Waals surface area contributed by atoms with Gasteiger partial charge in [-0.05, 0) is 12.5 Å². The van der Waals surface area contributed by atoms with Crippen molar-refractivity contribution >= 4 is 25.4 Å². The Labute approximate surface area is 114 Å². The number of benzene rings is 1. The Bertz CT molecular complexity index is 559. The summed E-state index contributed by atoms with van der Waals surface area (Å²) in [4.78, 5) is 10.1. The lowest BCUT2D eigenvalue weighted by Crippen LogP contribution is -2.05. The first-order valence-electron chi connectivity index (χ1n) is 5.21. The minimum atomic E-state index is -3.56. The van der Waals surface area contributed by atoms with Crippen LogP contribution in [0.5, 0.6) is 11.5 Å². The van der Waals surface area contributed by atoms with Gasteiger partial charge in [-0.2, -0.15) is 0 Å². The van der Waals surface area contributed by atoms with E-state index in [9.17, 15) is 18.5 Å². The Kier molecular flexibility index (Phi) is 5.37. The molecule has 0 fully saturated rings. The van der Waals surface area contributed by atoms with E-state index in [0.29, 0.717) is 5.75 Å². The number of hydrogen-bond acceptors (Lipinski definition) is 6. The molecule has 9 heteroatoms. The van der Waals surface area contributed by atoms with E-state index in [0.717, 1.165) is 0 Å². The number of hydrogen-bond donors (Lipinski definition) is 0. The molecule has 0 aliphatic carbocycles. The lowest BCUT2D eigenvalue weighted by molar-refractivity contribution is -0.385. The summed E-state index contributed by atoms with van der Waals surface area (Å²) in [6, 6.07) is 3.91. The Hall–Kier alpha value is -1.54. The Morgan fingerprint density at radius 2 is 2.05 bits per heavy atom. The molecule has 106 valence electrons. The molecule has 0 aliphatic rings. The van der Waals surface area contributed by atoms with Crippen LogP contribution in [0, 0.1) is 10.1 Å². The fourth-order valence-electron chi connectivity index (χ4n) is 1.31. The number of non-ortho nitro benzene ring substituents is 1. The van der Waals surface area contributed by atoms with Crippen molar-refractivity contribution in [3.05, 3.63) is 28.3 Å². The number of nitro groups is 1. The van der Waals surface area contributed by atoms with E-state index in [1.165, 1.54) is 25.3 Å². The molecule has 0 N–H and O–H groups in total. The molecule has 0 saturated carbocycles. The molecule has 0 aliphatic heterocycles. The van der Waals surface area contributed by atoms with Gasteiger partial charge in [0.2, 0.25) is 9.05 Å². The maximum absolute atomic E-state index is 10.7. The minimum absolute atomic E-state index is 0.0590. The molecule has 0 heterocycles. The third kappa shape index (κ3) is 5.31. The van der Waals surface area contributed by atoms with Gasteiger partial charge in [-0.1, -0.05) is 0 Å². The van der Waals surface area contributed by atoms with Crippen LogP contribution in [0.1, 0.15) is 6.42 Å². The van der Waals surface area contributed by atoms with Crippen molar-refractivity contribution in [2.45, 2.75) is 6.42 Å². The second-order valence-corrected chi connectivity index (χ2v) is 6.43. The van der Waals surface area contributed by atoms with Crippen molar-refractivity contribution in [3.8, 4) is 11.5 Å². The number of nitro benzene ring substituents is 1. The average Bonchev–Trinajstić information content (AvgIpc) is 2.33. The zero-order chi connectivity index (χ0) is 14.5. The first kappa shape index (κ1) is 15.5. The van der Waals surface area contributed by atoms with Gasteiger partial charge in [0.25, 0.3) is 5.69 Å². The van der Waals surface area contributed by atoms with Crippen LogP contribution in [0.2, 0.25) is 0 Å². The van der Waals surface area contributed by atoms with Crippen LogP contribution >= 0.6 is 10.7 Å². The van der Waals surface area contributed by atoms with E-state index in [1.807, 2.05) is 0 Å². The fraction of sp³-hybridized carbons (Fsp3) is 0.400. The Morgan fingerprint density at radius 3 is 2.58 bits per heavy atom. The highest BCUT2D eigenvalue weighted by atomic mass is 35.7. The number of rotatable bonds is 7. The van der Waals surface area contributed by atoms with Crippen LogP contribution in [0.25, 0.3) is 0 Å². The smallest absolute Gasteiger partial charge is 0.273 e. The second kappa shape index (κ2) is 6.58. The quantitative estimate of drug-likeness (QED) is 0.330. The van der Waals surface area contributed by atoms with Crippen LogP contribution in [-0.4, -0.2) is 32.8 Å². The molecular formula is C10H12ClNO6S. The molecule has 0 spiro atoms. The van der Waals surface area contributed by atoms with Gasteiger partial charge in [0.05, 0.1) is 30.5 Å². The van der Waals surface area contributed by atoms with E-state index in [-0.39, 0.29) is 30.2 Å². The number of nitrogens with zero attached hydrogens (tertiary/aromatic N) is 1. The van der Waals surface area contributed by atoms with Gasteiger partial charge in [0.15, 0.2) is 11.5 Å². The molecule has 0 atom stereocenters. The van der Waals surface area contributed by atoms with Crippen molar-refractivity contribution in [1.29, 1.82) is 0 Å². The van der Waals surface area contributed by atoms with Gasteiger partial charge in [0, 0.05) is 16.7 Å². The zero-order valence-electron chi connectivity index (χ0n) is 10.0. The summed E-state index contributed by atoms with van der Waals surface area (Å²) in [7, 11) is 2.88. The number of halogens is 1. The summed E-state index contributed by atoms with van der Waals surface area (Å²) in [5.74, 6) is 0.286. The van der Waals surface area contributed by atoms with E-state index in [2.05, 4.69) is 0 Å². The molecule has 0 bridgehead atoms. The normalized spacial score (nSPS) is 11.1. The predicted molar refractivity (Wildman–Crippen MR) is 69.4 cm³/mol. The molecule has 0 amide bonds. The summed E-state index contributed by atoms with van der Waals surface area (Å²) in [5.41, 5.74) is -0.138. The second-order valence-electron chi connectivity index (χ2n) is 3.54. The maximum Gasteiger partial charge on any atom is 0.273 e. The highest BCUT2D eigenvalue weighted by molar-refractivity contribution is 8.13. The number of ether oxygens (including phenoxy) is 2. The fourth-order valence-corrected chi connectivity index (χ4v) is 2.10. The highest BCUT2D eigenvalue weighted by Crippen LogP contribution is 2.31. The molecule has 0 radical (unpaired) electrons. The third-order valence-corrected chi connectivity index (χ3v) is 3.39. The molecule has 0 saturated heterocycles. The van der Waals surface area contributed by atoms with Crippen molar-refractivity contribution in [2.24, 2.45) is 0 Å². The van der Waals surface area contributed by atoms with Crippen LogP contribution in [0.4, 0.5) is 5.69 Å². The summed E-state index contributed by atoms with van der Waals surface area (Å²) in [6.45, 7) is 0.0590. The van der Waals surface area contributed by atoms with Crippen molar-refractivity contribution in [1.82, 2.24) is 0 Å². The predicted octanol–water partition coefficient (Wildman–Crippen LogP) is 1.94. The first-order valence-corrected chi connectivity index (χ1v) is 7.69. The number of methoxy groups -OCH3 is 1. The van der Waals surface area contributed by atoms with Gasteiger partial charge in [0.1, 0.15) is 0 Å². The lowest BCUT2D eigenvalue weighted by Gasteiger charge is -2.09. The molecule has 7 nitrogen and oxygen atoms in total. The van der Waals surface area contributed by atoms with E-state index in [4.69, 9.17) is 20.2 Å². The highest BCUT2D eigenvalue weighted by Gasteiger charge is 2.13. The SMILES string of the molecule is COc1ccc([N+](=O)[O-])cc1OCCCS(=O)(=O)Cl. The van der Waals surface area contributed by atoms with Gasteiger partial charge in [-0.3, -0.25) is 10.1 Å². The lowest BCUT2D eigenvalue weighted by atomic mass is 10.3. The van der Waals surface area contributed by atoms with Gasteiger partial charge >= 0.3 is 0 Å². The summed E-state index contributed by atoms with van der Waals surface area (Å²) in [6.07, 6.45) is 0.178. The largest absolute Gasteiger partial charge is 0.493 e. The Morgan fingerprint density at radius 1 is 1.37 bits per heavy atom. The van der Waals surface area contributed by atoms with Gasteiger partial charge < -0.3 is 9.47 Å². The van der Waals surface area contributed by atoms with Crippen LogP contribution in [0.3, 0.4) is 0 Å². The van der Waals surface area contributed by atoms with E-state index >= 15 is 0 Å². The van der Waals surface area contributed by atoms with E-state index in [1.54, 1.807) is 0 Å². The van der Waals surface area contributed by atoms with Crippen LogP contribution < -0.4 is 9.47 Å². The van der Waals surface area contributed by atoms with Crippen LogP contribution in [0.15, 0.2) is 18.2 Å². The molecule has 0 unspecified atom stereocenters. The van der Waals surface area contributed by atoms with Gasteiger partial charge in [-0.15, -0.1) is 0 Å². The maximum atomic E-state index is 10.7. The first-order chi connectivity index (χ1) is 8.83. The Balaban J connectivity index is 2.70. The zero-order valence-corrected chi connectivity index (χ0v) is 11.6. The molecule has 1 aromatic rings. The average molecular weight is 310 g/mol. The van der Waals surface area contributed by atoms with Gasteiger partial charge in [-0.25, -0.2) is 8.42 Å². The topological polar surface area (TPSA) is 95.7 Å². The van der Waals surface area contributed by atoms with Crippen molar-refractivity contribution < 1.29 is 22.8 Å².